The first-order valence-electron chi connectivity index (χ1n) is 5.66. The maximum atomic E-state index is 11.6. The Morgan fingerprint density at radius 3 is 2.38 bits per heavy atom. The van der Waals surface area contributed by atoms with E-state index in [1.807, 2.05) is 20.8 Å². The number of rotatable bonds is 6. The zero-order valence-corrected chi connectivity index (χ0v) is 10.6. The van der Waals surface area contributed by atoms with Crippen molar-refractivity contribution in [2.24, 2.45) is 5.73 Å². The smallest absolute Gasteiger partial charge is 0.240 e. The van der Waals surface area contributed by atoms with Crippen molar-refractivity contribution < 1.29 is 9.59 Å². The van der Waals surface area contributed by atoms with Crippen molar-refractivity contribution in [3.8, 4) is 0 Å². The van der Waals surface area contributed by atoms with E-state index in [-0.39, 0.29) is 24.4 Å². The summed E-state index contributed by atoms with van der Waals surface area (Å²) >= 11 is 0. The highest BCUT2D eigenvalue weighted by Crippen LogP contribution is 2.07. The van der Waals surface area contributed by atoms with Gasteiger partial charge in [-0.1, -0.05) is 13.3 Å². The van der Waals surface area contributed by atoms with Crippen LogP contribution in [0, 0.1) is 0 Å². The molecule has 0 rings (SSSR count). The maximum Gasteiger partial charge on any atom is 0.240 e. The van der Waals surface area contributed by atoms with Gasteiger partial charge in [-0.15, -0.1) is 0 Å². The van der Waals surface area contributed by atoms with E-state index in [4.69, 9.17) is 5.73 Å². The quantitative estimate of drug-likeness (QED) is 0.606. The van der Waals surface area contributed by atoms with Crippen molar-refractivity contribution >= 4 is 11.8 Å². The minimum atomic E-state index is -0.896. The van der Waals surface area contributed by atoms with Gasteiger partial charge in [0, 0.05) is 6.04 Å². The average molecular weight is 229 g/mol. The molecular weight excluding hydrogens is 206 g/mol. The monoisotopic (exact) mass is 229 g/mol. The van der Waals surface area contributed by atoms with Gasteiger partial charge < -0.3 is 16.4 Å². The van der Waals surface area contributed by atoms with Crippen LogP contribution in [-0.4, -0.2) is 29.9 Å². The second kappa shape index (κ2) is 6.48. The number of carbonyl (C=O) groups is 2. The molecule has 0 aromatic rings. The van der Waals surface area contributed by atoms with E-state index in [0.29, 0.717) is 6.42 Å². The molecule has 0 heterocycles. The molecule has 5 heteroatoms. The lowest BCUT2D eigenvalue weighted by atomic mass is 9.96. The van der Waals surface area contributed by atoms with E-state index in [1.165, 1.54) is 0 Å². The van der Waals surface area contributed by atoms with Crippen molar-refractivity contribution in [1.82, 2.24) is 10.6 Å². The summed E-state index contributed by atoms with van der Waals surface area (Å²) in [6.45, 7) is 7.34. The van der Waals surface area contributed by atoms with Gasteiger partial charge in [-0.2, -0.15) is 0 Å². The van der Waals surface area contributed by atoms with Crippen molar-refractivity contribution in [1.29, 1.82) is 0 Å². The molecule has 0 aliphatic rings. The predicted molar refractivity (Wildman–Crippen MR) is 63.8 cm³/mol. The normalized spacial score (nSPS) is 14.4. The molecule has 2 amide bonds. The lowest BCUT2D eigenvalue weighted by Gasteiger charge is -2.22. The fraction of sp³-hybridized carbons (Fsp3) is 0.818. The first-order chi connectivity index (χ1) is 7.29. The summed E-state index contributed by atoms with van der Waals surface area (Å²) in [5, 5.41) is 5.22. The van der Waals surface area contributed by atoms with Crippen molar-refractivity contribution in [3.05, 3.63) is 0 Å². The molecule has 0 aromatic carbocycles. The summed E-state index contributed by atoms with van der Waals surface area (Å²) in [5.41, 5.74) is 4.92. The molecule has 4 N–H and O–H groups in total. The van der Waals surface area contributed by atoms with E-state index >= 15 is 0 Å². The van der Waals surface area contributed by atoms with E-state index in [2.05, 4.69) is 10.6 Å². The molecule has 0 radical (unpaired) electrons. The summed E-state index contributed by atoms with van der Waals surface area (Å²) in [4.78, 5) is 22.9. The van der Waals surface area contributed by atoms with Crippen LogP contribution in [-0.2, 0) is 9.59 Å². The van der Waals surface area contributed by atoms with Crippen LogP contribution >= 0.6 is 0 Å². The SMILES string of the molecule is CCCC(C)(N)C(=O)NCC(=O)NC(C)C. The minimum absolute atomic E-state index is 0.0203. The standard InChI is InChI=1S/C11H23N3O2/c1-5-6-11(4,12)10(16)13-7-9(15)14-8(2)3/h8H,5-7,12H2,1-4H3,(H,13,16)(H,14,15). The Morgan fingerprint density at radius 1 is 1.38 bits per heavy atom. The highest BCUT2D eigenvalue weighted by atomic mass is 16.2. The van der Waals surface area contributed by atoms with E-state index in [0.717, 1.165) is 6.42 Å². The lowest BCUT2D eigenvalue weighted by Crippen LogP contribution is -2.53. The Morgan fingerprint density at radius 2 is 1.94 bits per heavy atom. The predicted octanol–water partition coefficient (Wildman–Crippen LogP) is 0.145. The van der Waals surface area contributed by atoms with Gasteiger partial charge in [-0.05, 0) is 27.2 Å². The first kappa shape index (κ1) is 14.9. The third-order valence-corrected chi connectivity index (χ3v) is 2.15. The molecule has 94 valence electrons. The highest BCUT2D eigenvalue weighted by molar-refractivity contribution is 5.89. The summed E-state index contributed by atoms with van der Waals surface area (Å²) in [5.74, 6) is -0.482. The highest BCUT2D eigenvalue weighted by Gasteiger charge is 2.27. The summed E-state index contributed by atoms with van der Waals surface area (Å²) in [6.07, 6.45) is 1.43. The fourth-order valence-corrected chi connectivity index (χ4v) is 1.37. The zero-order chi connectivity index (χ0) is 12.8. The maximum absolute atomic E-state index is 11.6. The number of amides is 2. The van der Waals surface area contributed by atoms with Gasteiger partial charge in [-0.25, -0.2) is 0 Å². The van der Waals surface area contributed by atoms with Crippen molar-refractivity contribution in [2.45, 2.75) is 52.1 Å². The number of hydrogen-bond acceptors (Lipinski definition) is 3. The Balaban J connectivity index is 4.02. The fourth-order valence-electron chi connectivity index (χ4n) is 1.37. The van der Waals surface area contributed by atoms with Gasteiger partial charge in [0.2, 0.25) is 11.8 Å². The van der Waals surface area contributed by atoms with Gasteiger partial charge >= 0.3 is 0 Å². The topological polar surface area (TPSA) is 84.2 Å². The van der Waals surface area contributed by atoms with Crippen molar-refractivity contribution in [3.63, 3.8) is 0 Å². The van der Waals surface area contributed by atoms with E-state index < -0.39 is 5.54 Å². The molecule has 1 unspecified atom stereocenters. The average Bonchev–Trinajstić information content (AvgIpc) is 2.12. The molecule has 0 spiro atoms. The Hall–Kier alpha value is -1.10. The molecule has 1 atom stereocenters. The third kappa shape index (κ3) is 5.70. The summed E-state index contributed by atoms with van der Waals surface area (Å²) in [6, 6.07) is 0.0734. The molecule has 0 aliphatic heterocycles. The first-order valence-corrected chi connectivity index (χ1v) is 5.66. The number of nitrogens with one attached hydrogen (secondary N) is 2. The second-order valence-corrected chi connectivity index (χ2v) is 4.57. The van der Waals surface area contributed by atoms with Gasteiger partial charge in [0.15, 0.2) is 0 Å². The van der Waals surface area contributed by atoms with Gasteiger partial charge in [0.1, 0.15) is 0 Å². The largest absolute Gasteiger partial charge is 0.352 e. The molecule has 16 heavy (non-hydrogen) atoms. The van der Waals surface area contributed by atoms with Gasteiger partial charge in [0.05, 0.1) is 12.1 Å². The Kier molecular flexibility index (Phi) is 6.03. The molecule has 0 aromatic heterocycles. The minimum Gasteiger partial charge on any atom is -0.352 e. The zero-order valence-electron chi connectivity index (χ0n) is 10.6. The van der Waals surface area contributed by atoms with Gasteiger partial charge in [-0.3, -0.25) is 9.59 Å². The lowest BCUT2D eigenvalue weighted by molar-refractivity contribution is -0.129. The molecule has 0 saturated carbocycles. The molecule has 0 aliphatic carbocycles. The molecule has 0 bridgehead atoms. The number of carbonyl (C=O) groups excluding carboxylic acids is 2. The number of hydrogen-bond donors (Lipinski definition) is 3. The van der Waals surface area contributed by atoms with E-state index in [9.17, 15) is 9.59 Å². The molecular formula is C11H23N3O2. The van der Waals surface area contributed by atoms with Crippen LogP contribution < -0.4 is 16.4 Å². The Bertz CT molecular complexity index is 250. The van der Waals surface area contributed by atoms with Crippen LogP contribution in [0.1, 0.15) is 40.5 Å². The van der Waals surface area contributed by atoms with Gasteiger partial charge in [0.25, 0.3) is 0 Å². The van der Waals surface area contributed by atoms with E-state index in [1.54, 1.807) is 6.92 Å². The van der Waals surface area contributed by atoms with Crippen LogP contribution in [0.5, 0.6) is 0 Å². The second-order valence-electron chi connectivity index (χ2n) is 4.57. The molecule has 0 saturated heterocycles. The summed E-state index contributed by atoms with van der Waals surface area (Å²) < 4.78 is 0. The van der Waals surface area contributed by atoms with Crippen molar-refractivity contribution in [2.75, 3.05) is 6.54 Å². The molecule has 0 fully saturated rings. The Labute approximate surface area is 97.2 Å². The third-order valence-electron chi connectivity index (χ3n) is 2.15. The van der Waals surface area contributed by atoms with Crippen LogP contribution in [0.2, 0.25) is 0 Å². The van der Waals surface area contributed by atoms with Crippen LogP contribution in [0.4, 0.5) is 0 Å². The van der Waals surface area contributed by atoms with Crippen LogP contribution in [0.15, 0.2) is 0 Å². The summed E-state index contributed by atoms with van der Waals surface area (Å²) in [7, 11) is 0. The number of nitrogens with two attached hydrogens (primary N) is 1. The molecule has 5 nitrogen and oxygen atoms in total. The van der Waals surface area contributed by atoms with Crippen LogP contribution in [0.3, 0.4) is 0 Å². The van der Waals surface area contributed by atoms with Crippen LogP contribution in [0.25, 0.3) is 0 Å².